The van der Waals surface area contributed by atoms with Crippen molar-refractivity contribution < 1.29 is 0 Å². The first kappa shape index (κ1) is 12.6. The molecule has 6 heteroatoms. The van der Waals surface area contributed by atoms with E-state index in [1.165, 1.54) is 10.2 Å². The highest BCUT2D eigenvalue weighted by Crippen LogP contribution is 2.25. The summed E-state index contributed by atoms with van der Waals surface area (Å²) in [4.78, 5) is 5.45. The molecule has 2 heterocycles. The highest BCUT2D eigenvalue weighted by Gasteiger charge is 2.03. The molecule has 2 aromatic heterocycles. The van der Waals surface area contributed by atoms with Crippen LogP contribution in [0.2, 0.25) is 0 Å². The Labute approximate surface area is 129 Å². The van der Waals surface area contributed by atoms with Gasteiger partial charge in [-0.15, -0.1) is 5.10 Å². The second-order valence-electron chi connectivity index (χ2n) is 4.62. The van der Waals surface area contributed by atoms with Gasteiger partial charge < -0.3 is 4.57 Å². The van der Waals surface area contributed by atoms with Gasteiger partial charge in [0.2, 0.25) is 9.93 Å². The number of nitrogens with one attached hydrogen (secondary N) is 1. The number of aryl methyl sites for hydroxylation is 1. The van der Waals surface area contributed by atoms with Crippen LogP contribution in [0.4, 0.5) is 5.13 Å². The molecule has 0 bridgehead atoms. The average Bonchev–Trinajstić information content (AvgIpc) is 3.07. The number of aromatic nitrogens is 2. The Bertz CT molecular complexity index is 960. The van der Waals surface area contributed by atoms with Crippen LogP contribution in [-0.4, -0.2) is 9.55 Å². The summed E-state index contributed by atoms with van der Waals surface area (Å²) in [6.45, 7) is 0. The van der Waals surface area contributed by atoms with Crippen LogP contribution >= 0.6 is 22.7 Å². The van der Waals surface area contributed by atoms with Crippen LogP contribution in [0.1, 0.15) is 0 Å². The van der Waals surface area contributed by atoms with Gasteiger partial charge in [-0.2, -0.15) is 0 Å². The van der Waals surface area contributed by atoms with Crippen molar-refractivity contribution in [1.29, 1.82) is 0 Å². The Kier molecular flexibility index (Phi) is 2.98. The number of benzene rings is 2. The number of para-hydroxylation sites is 2. The van der Waals surface area contributed by atoms with Gasteiger partial charge in [-0.3, -0.25) is 0 Å². The quantitative estimate of drug-likeness (QED) is 0.572. The first-order chi connectivity index (χ1) is 10.3. The summed E-state index contributed by atoms with van der Waals surface area (Å²) in [5.74, 6) is 0. The largest absolute Gasteiger partial charge is 0.318 e. The first-order valence-corrected chi connectivity index (χ1v) is 8.14. The maximum absolute atomic E-state index is 4.52. The third-order valence-corrected chi connectivity index (χ3v) is 5.31. The van der Waals surface area contributed by atoms with Gasteiger partial charge in [0.25, 0.3) is 0 Å². The lowest BCUT2D eigenvalue weighted by molar-refractivity contribution is 0.900. The molecule has 0 aliphatic rings. The van der Waals surface area contributed by atoms with E-state index in [0.29, 0.717) is 0 Å². The van der Waals surface area contributed by atoms with Gasteiger partial charge in [-0.05, 0) is 24.3 Å². The molecule has 0 aliphatic carbocycles. The zero-order chi connectivity index (χ0) is 14.2. The fourth-order valence-electron chi connectivity index (χ4n) is 2.20. The third kappa shape index (κ3) is 2.22. The normalized spacial score (nSPS) is 12.3. The average molecular weight is 312 g/mol. The van der Waals surface area contributed by atoms with Crippen LogP contribution < -0.4 is 10.2 Å². The van der Waals surface area contributed by atoms with E-state index in [9.17, 15) is 0 Å². The SMILES string of the molecule is Cn1c(=NNc2nc3ccccc3s2)sc2ccccc21. The van der Waals surface area contributed by atoms with Crippen molar-refractivity contribution in [2.75, 3.05) is 5.43 Å². The Balaban J connectivity index is 1.74. The maximum atomic E-state index is 4.52. The van der Waals surface area contributed by atoms with Crippen molar-refractivity contribution in [3.63, 3.8) is 0 Å². The van der Waals surface area contributed by atoms with E-state index in [1.54, 1.807) is 22.7 Å². The van der Waals surface area contributed by atoms with Crippen LogP contribution in [0.5, 0.6) is 0 Å². The standard InChI is InChI=1S/C15H12N4S2/c1-19-11-7-3-5-9-13(11)21-15(19)18-17-14-16-10-6-2-4-8-12(10)20-14/h2-9H,1H3,(H,16,17). The number of hydrogen-bond acceptors (Lipinski definition) is 5. The minimum atomic E-state index is 0.814. The molecule has 1 N–H and O–H groups in total. The molecule has 0 fully saturated rings. The van der Waals surface area contributed by atoms with E-state index >= 15 is 0 Å². The number of rotatable bonds is 2. The van der Waals surface area contributed by atoms with Crippen molar-refractivity contribution in [2.45, 2.75) is 0 Å². The van der Waals surface area contributed by atoms with Gasteiger partial charge in [0.15, 0.2) is 0 Å². The molecule has 0 saturated carbocycles. The second-order valence-corrected chi connectivity index (χ2v) is 6.66. The molecule has 104 valence electrons. The maximum Gasteiger partial charge on any atom is 0.209 e. The first-order valence-electron chi connectivity index (χ1n) is 6.51. The monoisotopic (exact) mass is 312 g/mol. The minimum absolute atomic E-state index is 0.814. The molecule has 0 unspecified atom stereocenters. The van der Waals surface area contributed by atoms with E-state index in [1.807, 2.05) is 37.4 Å². The summed E-state index contributed by atoms with van der Waals surface area (Å²) >= 11 is 3.27. The molecule has 21 heavy (non-hydrogen) atoms. The van der Waals surface area contributed by atoms with Crippen LogP contribution in [0.25, 0.3) is 20.4 Å². The molecule has 0 radical (unpaired) electrons. The highest BCUT2D eigenvalue weighted by molar-refractivity contribution is 7.22. The molecule has 4 aromatic rings. The van der Waals surface area contributed by atoms with E-state index in [0.717, 1.165) is 20.1 Å². The Morgan fingerprint density at radius 1 is 1.00 bits per heavy atom. The molecule has 0 atom stereocenters. The molecule has 4 rings (SSSR count). The molecule has 0 saturated heterocycles. The molecular weight excluding hydrogens is 300 g/mol. The topological polar surface area (TPSA) is 42.2 Å². The molecule has 0 spiro atoms. The summed E-state index contributed by atoms with van der Waals surface area (Å²) in [7, 11) is 2.03. The Morgan fingerprint density at radius 3 is 2.57 bits per heavy atom. The molecule has 0 amide bonds. The van der Waals surface area contributed by atoms with Crippen LogP contribution in [0.3, 0.4) is 0 Å². The van der Waals surface area contributed by atoms with Crippen LogP contribution in [0, 0.1) is 0 Å². The number of thiazole rings is 2. The lowest BCUT2D eigenvalue weighted by atomic mass is 10.3. The second kappa shape index (κ2) is 4.98. The Morgan fingerprint density at radius 2 is 1.76 bits per heavy atom. The van der Waals surface area contributed by atoms with Crippen molar-refractivity contribution >= 4 is 48.2 Å². The summed E-state index contributed by atoms with van der Waals surface area (Å²) in [6, 6.07) is 16.4. The molecule has 2 aromatic carbocycles. The predicted molar refractivity (Wildman–Crippen MR) is 89.6 cm³/mol. The lowest BCUT2D eigenvalue weighted by Crippen LogP contribution is -2.12. The van der Waals surface area contributed by atoms with Gasteiger partial charge in [0.1, 0.15) is 0 Å². The number of nitrogens with zero attached hydrogens (tertiary/aromatic N) is 3. The van der Waals surface area contributed by atoms with Crippen molar-refractivity contribution in [1.82, 2.24) is 9.55 Å². The fourth-order valence-corrected chi connectivity index (χ4v) is 3.99. The fraction of sp³-hybridized carbons (Fsp3) is 0.0667. The number of hydrogen-bond donors (Lipinski definition) is 1. The molecular formula is C15H12N4S2. The number of fused-ring (bicyclic) bond motifs is 2. The number of anilines is 1. The summed E-state index contributed by atoms with van der Waals surface area (Å²) in [5.41, 5.74) is 5.26. The van der Waals surface area contributed by atoms with E-state index < -0.39 is 0 Å². The van der Waals surface area contributed by atoms with Gasteiger partial charge in [0, 0.05) is 7.05 Å². The third-order valence-electron chi connectivity index (χ3n) is 3.26. The zero-order valence-electron chi connectivity index (χ0n) is 11.3. The summed E-state index contributed by atoms with van der Waals surface area (Å²) < 4.78 is 4.47. The van der Waals surface area contributed by atoms with Crippen molar-refractivity contribution in [3.8, 4) is 0 Å². The summed E-state index contributed by atoms with van der Waals surface area (Å²) in [6.07, 6.45) is 0. The predicted octanol–water partition coefficient (Wildman–Crippen LogP) is 3.78. The zero-order valence-corrected chi connectivity index (χ0v) is 12.9. The highest BCUT2D eigenvalue weighted by atomic mass is 32.1. The summed E-state index contributed by atoms with van der Waals surface area (Å²) in [5, 5.41) is 5.30. The van der Waals surface area contributed by atoms with Gasteiger partial charge in [-0.1, -0.05) is 46.9 Å². The van der Waals surface area contributed by atoms with Crippen molar-refractivity contribution in [2.24, 2.45) is 12.1 Å². The van der Waals surface area contributed by atoms with Crippen LogP contribution in [-0.2, 0) is 7.05 Å². The Hall–Kier alpha value is -2.18. The van der Waals surface area contributed by atoms with E-state index in [-0.39, 0.29) is 0 Å². The molecule has 0 aliphatic heterocycles. The molecule has 4 nitrogen and oxygen atoms in total. The van der Waals surface area contributed by atoms with Crippen LogP contribution in [0.15, 0.2) is 53.6 Å². The van der Waals surface area contributed by atoms with Gasteiger partial charge >= 0.3 is 0 Å². The van der Waals surface area contributed by atoms with Crippen molar-refractivity contribution in [3.05, 3.63) is 53.3 Å². The minimum Gasteiger partial charge on any atom is -0.318 e. The van der Waals surface area contributed by atoms with Gasteiger partial charge in [-0.25, -0.2) is 10.4 Å². The smallest absolute Gasteiger partial charge is 0.209 e. The van der Waals surface area contributed by atoms with E-state index in [4.69, 9.17) is 0 Å². The van der Waals surface area contributed by atoms with Gasteiger partial charge in [0.05, 0.1) is 20.4 Å². The van der Waals surface area contributed by atoms with E-state index in [2.05, 4.69) is 38.3 Å². The lowest BCUT2D eigenvalue weighted by Gasteiger charge is -1.94.